The normalized spacial score (nSPS) is 14.3. The fourth-order valence-electron chi connectivity index (χ4n) is 4.88. The lowest BCUT2D eigenvalue weighted by Crippen LogP contribution is -2.37. The molecule has 0 spiro atoms. The van der Waals surface area contributed by atoms with E-state index in [4.69, 9.17) is 9.98 Å². The number of para-hydroxylation sites is 2. The summed E-state index contributed by atoms with van der Waals surface area (Å²) in [4.78, 5) is 24.4. The number of carbonyl (C=O) groups excluding carboxylic acids is 1. The quantitative estimate of drug-likeness (QED) is 0.314. The third kappa shape index (κ3) is 7.27. The molecular formula is C34H50N2O. The predicted molar refractivity (Wildman–Crippen MR) is 163 cm³/mol. The average molecular weight is 503 g/mol. The second kappa shape index (κ2) is 12.3. The number of aliphatic imine (C=N–C) groups is 2. The molecule has 202 valence electrons. The van der Waals surface area contributed by atoms with Crippen molar-refractivity contribution in [1.29, 1.82) is 0 Å². The van der Waals surface area contributed by atoms with E-state index in [0.717, 1.165) is 22.8 Å². The summed E-state index contributed by atoms with van der Waals surface area (Å²) in [6.07, 6.45) is 0. The van der Waals surface area contributed by atoms with E-state index in [2.05, 4.69) is 91.8 Å². The van der Waals surface area contributed by atoms with Gasteiger partial charge in [-0.1, -0.05) is 113 Å². The van der Waals surface area contributed by atoms with Crippen molar-refractivity contribution in [1.82, 2.24) is 0 Å². The molecule has 2 rings (SSSR count). The maximum Gasteiger partial charge on any atom is 0.152 e. The Balaban J connectivity index is 2.83. The first kappa shape index (κ1) is 30.7. The van der Waals surface area contributed by atoms with Crippen LogP contribution in [0.25, 0.3) is 0 Å². The van der Waals surface area contributed by atoms with Crippen LogP contribution in [0.4, 0.5) is 11.4 Å². The minimum atomic E-state index is -0.519. The Bertz CT molecular complexity index is 1020. The van der Waals surface area contributed by atoms with Gasteiger partial charge in [-0.2, -0.15) is 0 Å². The molecule has 0 fully saturated rings. The summed E-state index contributed by atoms with van der Waals surface area (Å²) < 4.78 is 0. The first-order valence-corrected chi connectivity index (χ1v) is 14.0. The molecule has 0 heterocycles. The molecule has 0 atom stereocenters. The minimum absolute atomic E-state index is 0.149. The number of carbonyl (C=O) groups is 1. The Kier molecular flexibility index (Phi) is 10.2. The third-order valence-corrected chi connectivity index (χ3v) is 7.10. The van der Waals surface area contributed by atoms with Crippen molar-refractivity contribution in [3.8, 4) is 0 Å². The Morgan fingerprint density at radius 2 is 0.865 bits per heavy atom. The van der Waals surface area contributed by atoms with Crippen LogP contribution < -0.4 is 0 Å². The zero-order valence-electron chi connectivity index (χ0n) is 25.7. The Morgan fingerprint density at radius 1 is 0.595 bits per heavy atom. The zero-order chi connectivity index (χ0) is 28.2. The standard InChI is InChI=1S/C34H50N2O/c1-20(2)26-16-14-17-27(21(3)4)31(26)35-24(9)30(33(37)34(11,12)13)25(10)36-32-28(22(5)6)18-15-19-29(32)23(7)8/h14-23,30H,1-13H3. The second-order valence-corrected chi connectivity index (χ2v) is 12.7. The van der Waals surface area contributed by atoms with Gasteiger partial charge in [0.15, 0.2) is 5.78 Å². The van der Waals surface area contributed by atoms with E-state index in [1.807, 2.05) is 34.6 Å². The van der Waals surface area contributed by atoms with Crippen LogP contribution in [0.5, 0.6) is 0 Å². The lowest BCUT2D eigenvalue weighted by molar-refractivity contribution is -0.126. The number of nitrogens with zero attached hydrogens (tertiary/aromatic N) is 2. The van der Waals surface area contributed by atoms with Gasteiger partial charge in [0.2, 0.25) is 0 Å². The van der Waals surface area contributed by atoms with Crippen molar-refractivity contribution in [3.05, 3.63) is 58.7 Å². The van der Waals surface area contributed by atoms with Gasteiger partial charge in [-0.15, -0.1) is 0 Å². The van der Waals surface area contributed by atoms with E-state index in [1.165, 1.54) is 22.3 Å². The number of hydrogen-bond acceptors (Lipinski definition) is 3. The van der Waals surface area contributed by atoms with Crippen LogP contribution in [-0.2, 0) is 4.79 Å². The summed E-state index contributed by atoms with van der Waals surface area (Å²) in [5.41, 5.74) is 7.99. The van der Waals surface area contributed by atoms with E-state index >= 15 is 0 Å². The summed E-state index contributed by atoms with van der Waals surface area (Å²) in [7, 11) is 0. The molecule has 0 bridgehead atoms. The van der Waals surface area contributed by atoms with Crippen LogP contribution in [0.1, 0.15) is 136 Å². The largest absolute Gasteiger partial charge is 0.298 e. The first-order valence-electron chi connectivity index (χ1n) is 14.0. The molecule has 0 saturated heterocycles. The van der Waals surface area contributed by atoms with Gasteiger partial charge in [-0.05, 0) is 59.8 Å². The van der Waals surface area contributed by atoms with Gasteiger partial charge < -0.3 is 0 Å². The minimum Gasteiger partial charge on any atom is -0.298 e. The van der Waals surface area contributed by atoms with Crippen LogP contribution in [0.15, 0.2) is 46.4 Å². The molecular weight excluding hydrogens is 452 g/mol. The maximum atomic E-state index is 13.9. The van der Waals surface area contributed by atoms with Gasteiger partial charge >= 0.3 is 0 Å². The molecule has 3 nitrogen and oxygen atoms in total. The highest BCUT2D eigenvalue weighted by atomic mass is 16.1. The van der Waals surface area contributed by atoms with Crippen molar-refractivity contribution in [2.45, 2.75) is 114 Å². The van der Waals surface area contributed by atoms with E-state index < -0.39 is 11.3 Å². The van der Waals surface area contributed by atoms with Gasteiger partial charge in [-0.25, -0.2) is 0 Å². The van der Waals surface area contributed by atoms with Crippen LogP contribution in [0.3, 0.4) is 0 Å². The van der Waals surface area contributed by atoms with Crippen molar-refractivity contribution in [2.24, 2.45) is 21.3 Å². The van der Waals surface area contributed by atoms with Gasteiger partial charge in [0.25, 0.3) is 0 Å². The van der Waals surface area contributed by atoms with Gasteiger partial charge in [0.1, 0.15) is 0 Å². The summed E-state index contributed by atoms with van der Waals surface area (Å²) in [6, 6.07) is 12.9. The first-order chi connectivity index (χ1) is 17.1. The smallest absolute Gasteiger partial charge is 0.152 e. The summed E-state index contributed by atoms with van der Waals surface area (Å²) >= 11 is 0. The predicted octanol–water partition coefficient (Wildman–Crippen LogP) is 10.3. The number of hydrogen-bond donors (Lipinski definition) is 0. The van der Waals surface area contributed by atoms with Crippen molar-refractivity contribution in [2.75, 3.05) is 0 Å². The van der Waals surface area contributed by atoms with E-state index in [9.17, 15) is 4.79 Å². The monoisotopic (exact) mass is 502 g/mol. The summed E-state index contributed by atoms with van der Waals surface area (Å²) in [5, 5.41) is 0. The maximum absolute atomic E-state index is 13.9. The van der Waals surface area contributed by atoms with Crippen LogP contribution in [0.2, 0.25) is 0 Å². The summed E-state index contributed by atoms with van der Waals surface area (Å²) in [6.45, 7) is 27.6. The fraction of sp³-hybridized carbons (Fsp3) is 0.559. The van der Waals surface area contributed by atoms with Crippen LogP contribution in [-0.4, -0.2) is 17.2 Å². The number of benzene rings is 2. The van der Waals surface area contributed by atoms with Gasteiger partial charge in [-0.3, -0.25) is 14.8 Å². The molecule has 0 saturated carbocycles. The lowest BCUT2D eigenvalue weighted by atomic mass is 9.79. The number of Topliss-reactive ketones (excluding diaryl/α,β-unsaturated/α-hetero) is 1. The molecule has 0 N–H and O–H groups in total. The molecule has 0 aliphatic rings. The molecule has 0 radical (unpaired) electrons. The number of rotatable bonds is 9. The van der Waals surface area contributed by atoms with Crippen molar-refractivity contribution < 1.29 is 4.79 Å². The van der Waals surface area contributed by atoms with E-state index in [0.29, 0.717) is 23.7 Å². The highest BCUT2D eigenvalue weighted by molar-refractivity contribution is 6.23. The summed E-state index contributed by atoms with van der Waals surface area (Å²) in [5.74, 6) is 1.01. The Morgan fingerprint density at radius 3 is 1.08 bits per heavy atom. The van der Waals surface area contributed by atoms with Crippen molar-refractivity contribution in [3.63, 3.8) is 0 Å². The molecule has 37 heavy (non-hydrogen) atoms. The highest BCUT2D eigenvalue weighted by Gasteiger charge is 2.34. The topological polar surface area (TPSA) is 41.8 Å². The Labute approximate surface area is 226 Å². The molecule has 0 aliphatic carbocycles. The third-order valence-electron chi connectivity index (χ3n) is 7.10. The Hall–Kier alpha value is -2.55. The molecule has 2 aromatic carbocycles. The molecule has 0 amide bonds. The number of ketones is 1. The van der Waals surface area contributed by atoms with Crippen molar-refractivity contribution >= 4 is 28.6 Å². The van der Waals surface area contributed by atoms with Gasteiger partial charge in [0, 0.05) is 16.8 Å². The molecule has 0 unspecified atom stereocenters. The SMILES string of the molecule is CC(=Nc1c(C(C)C)cccc1C(C)C)C(C(=O)C(C)(C)C)C(C)=Nc1c(C(C)C)cccc1C(C)C. The van der Waals surface area contributed by atoms with Gasteiger partial charge in [0.05, 0.1) is 17.3 Å². The highest BCUT2D eigenvalue weighted by Crippen LogP contribution is 2.38. The molecule has 0 aliphatic heterocycles. The van der Waals surface area contributed by atoms with E-state index in [-0.39, 0.29) is 5.78 Å². The molecule has 0 aromatic heterocycles. The molecule has 3 heteroatoms. The van der Waals surface area contributed by atoms with E-state index in [1.54, 1.807) is 0 Å². The fourth-order valence-corrected chi connectivity index (χ4v) is 4.88. The van der Waals surface area contributed by atoms with Crippen LogP contribution >= 0.6 is 0 Å². The van der Waals surface area contributed by atoms with Crippen LogP contribution in [0, 0.1) is 11.3 Å². The molecule has 2 aromatic rings. The second-order valence-electron chi connectivity index (χ2n) is 12.7. The average Bonchev–Trinajstić information content (AvgIpc) is 2.78. The lowest BCUT2D eigenvalue weighted by Gasteiger charge is -2.26. The zero-order valence-corrected chi connectivity index (χ0v) is 25.7.